The molecule has 0 atom stereocenters. The lowest BCUT2D eigenvalue weighted by atomic mass is 10.1. The Kier molecular flexibility index (Phi) is 3.18. The van der Waals surface area contributed by atoms with Gasteiger partial charge in [0, 0.05) is 12.1 Å². The lowest BCUT2D eigenvalue weighted by Crippen LogP contribution is -2.12. The summed E-state index contributed by atoms with van der Waals surface area (Å²) < 4.78 is 54.9. The molecule has 1 rings (SSSR count). The van der Waals surface area contributed by atoms with Crippen LogP contribution >= 0.6 is 0 Å². The Morgan fingerprint density at radius 3 is 2.33 bits per heavy atom. The molecular weight excluding hydrogens is 214 g/mol. The van der Waals surface area contributed by atoms with Gasteiger partial charge in [-0.3, -0.25) is 0 Å². The molecule has 84 valence electrons. The number of alkyl halides is 3. The van der Waals surface area contributed by atoms with Crippen LogP contribution < -0.4 is 10.5 Å². The Labute approximate surface area is 83.6 Å². The van der Waals surface area contributed by atoms with Crippen molar-refractivity contribution in [2.24, 2.45) is 5.73 Å². The molecule has 2 N–H and O–H groups in total. The summed E-state index contributed by atoms with van der Waals surface area (Å²) in [6.07, 6.45) is -4.75. The van der Waals surface area contributed by atoms with Crippen molar-refractivity contribution in [1.29, 1.82) is 0 Å². The van der Waals surface area contributed by atoms with Gasteiger partial charge in [-0.2, -0.15) is 13.2 Å². The van der Waals surface area contributed by atoms with Crippen molar-refractivity contribution in [3.05, 3.63) is 29.1 Å². The SMILES string of the molecule is COc1cc(CN)c(F)c(C(F)(F)F)c1. The molecule has 15 heavy (non-hydrogen) atoms. The van der Waals surface area contributed by atoms with Crippen molar-refractivity contribution in [1.82, 2.24) is 0 Å². The van der Waals surface area contributed by atoms with Crippen LogP contribution in [0, 0.1) is 5.82 Å². The van der Waals surface area contributed by atoms with Gasteiger partial charge in [0.1, 0.15) is 11.6 Å². The molecule has 6 heteroatoms. The van der Waals surface area contributed by atoms with Crippen LogP contribution in [-0.2, 0) is 12.7 Å². The van der Waals surface area contributed by atoms with Crippen molar-refractivity contribution in [3.8, 4) is 5.75 Å². The van der Waals surface area contributed by atoms with E-state index in [9.17, 15) is 17.6 Å². The van der Waals surface area contributed by atoms with Crippen molar-refractivity contribution < 1.29 is 22.3 Å². The molecule has 0 aliphatic carbocycles. The van der Waals surface area contributed by atoms with Crippen LogP contribution in [0.2, 0.25) is 0 Å². The predicted molar refractivity (Wildman–Crippen MR) is 45.8 cm³/mol. The zero-order valence-corrected chi connectivity index (χ0v) is 7.86. The van der Waals surface area contributed by atoms with Crippen LogP contribution in [0.25, 0.3) is 0 Å². The highest BCUT2D eigenvalue weighted by molar-refractivity contribution is 5.37. The average molecular weight is 223 g/mol. The molecule has 0 fully saturated rings. The fourth-order valence-corrected chi connectivity index (χ4v) is 1.13. The average Bonchev–Trinajstić information content (AvgIpc) is 2.16. The summed E-state index contributed by atoms with van der Waals surface area (Å²) in [6.45, 7) is -0.313. The van der Waals surface area contributed by atoms with E-state index in [0.29, 0.717) is 6.07 Å². The molecule has 0 radical (unpaired) electrons. The van der Waals surface area contributed by atoms with Crippen LogP contribution in [0.4, 0.5) is 17.6 Å². The van der Waals surface area contributed by atoms with Gasteiger partial charge in [0.2, 0.25) is 0 Å². The summed E-state index contributed by atoms with van der Waals surface area (Å²) in [5, 5.41) is 0. The quantitative estimate of drug-likeness (QED) is 0.781. The molecule has 0 bridgehead atoms. The third-order valence-electron chi connectivity index (χ3n) is 1.88. The second-order valence-corrected chi connectivity index (χ2v) is 2.85. The summed E-state index contributed by atoms with van der Waals surface area (Å²) in [7, 11) is 1.20. The van der Waals surface area contributed by atoms with Crippen molar-refractivity contribution in [2.45, 2.75) is 12.7 Å². The zero-order chi connectivity index (χ0) is 11.6. The molecule has 0 aliphatic rings. The first-order chi connectivity index (χ1) is 6.90. The van der Waals surface area contributed by atoms with Gasteiger partial charge in [0.15, 0.2) is 0 Å². The fourth-order valence-electron chi connectivity index (χ4n) is 1.13. The molecule has 0 aromatic heterocycles. The summed E-state index contributed by atoms with van der Waals surface area (Å²) >= 11 is 0. The first kappa shape index (κ1) is 11.8. The van der Waals surface area contributed by atoms with Crippen molar-refractivity contribution in [2.75, 3.05) is 7.11 Å². The minimum Gasteiger partial charge on any atom is -0.497 e. The number of hydrogen-bond donors (Lipinski definition) is 1. The lowest BCUT2D eigenvalue weighted by Gasteiger charge is -2.12. The standard InChI is InChI=1S/C9H9F4NO/c1-15-6-2-5(4-14)8(10)7(3-6)9(11,12)13/h2-3H,4,14H2,1H3. The molecule has 0 heterocycles. The Hall–Kier alpha value is -1.30. The van der Waals surface area contributed by atoms with Gasteiger partial charge < -0.3 is 10.5 Å². The molecule has 0 spiro atoms. The molecule has 0 saturated carbocycles. The van der Waals surface area contributed by atoms with E-state index >= 15 is 0 Å². The van der Waals surface area contributed by atoms with Gasteiger partial charge in [-0.1, -0.05) is 0 Å². The van der Waals surface area contributed by atoms with Crippen LogP contribution in [0.1, 0.15) is 11.1 Å². The highest BCUT2D eigenvalue weighted by Crippen LogP contribution is 2.35. The molecule has 0 saturated heterocycles. The Morgan fingerprint density at radius 2 is 1.93 bits per heavy atom. The normalized spacial score (nSPS) is 11.6. The Morgan fingerprint density at radius 1 is 1.33 bits per heavy atom. The predicted octanol–water partition coefficient (Wildman–Crippen LogP) is 2.31. The van der Waals surface area contributed by atoms with E-state index in [4.69, 9.17) is 5.73 Å². The molecule has 1 aromatic rings. The van der Waals surface area contributed by atoms with E-state index in [-0.39, 0.29) is 17.9 Å². The summed E-state index contributed by atoms with van der Waals surface area (Å²) in [5.74, 6) is -1.41. The minimum atomic E-state index is -4.75. The maximum Gasteiger partial charge on any atom is 0.419 e. The number of methoxy groups -OCH3 is 1. The van der Waals surface area contributed by atoms with E-state index in [1.807, 2.05) is 0 Å². The number of hydrogen-bond acceptors (Lipinski definition) is 2. The van der Waals surface area contributed by atoms with E-state index in [1.54, 1.807) is 0 Å². The molecule has 0 amide bonds. The largest absolute Gasteiger partial charge is 0.497 e. The number of halogens is 4. The molecular formula is C9H9F4NO. The van der Waals surface area contributed by atoms with Gasteiger partial charge in [0.05, 0.1) is 12.7 Å². The molecule has 2 nitrogen and oxygen atoms in total. The van der Waals surface area contributed by atoms with Gasteiger partial charge in [-0.05, 0) is 12.1 Å². The van der Waals surface area contributed by atoms with Crippen molar-refractivity contribution >= 4 is 0 Å². The summed E-state index contributed by atoms with van der Waals surface area (Å²) in [5.41, 5.74) is 3.54. The van der Waals surface area contributed by atoms with Crippen molar-refractivity contribution in [3.63, 3.8) is 0 Å². The Bertz CT molecular complexity index is 362. The van der Waals surface area contributed by atoms with Gasteiger partial charge in [-0.25, -0.2) is 4.39 Å². The first-order valence-electron chi connectivity index (χ1n) is 4.03. The topological polar surface area (TPSA) is 35.2 Å². The highest BCUT2D eigenvalue weighted by atomic mass is 19.4. The number of benzene rings is 1. The molecule has 0 unspecified atom stereocenters. The lowest BCUT2D eigenvalue weighted by molar-refractivity contribution is -0.140. The number of ether oxygens (including phenoxy) is 1. The van der Waals surface area contributed by atoms with E-state index in [0.717, 1.165) is 6.07 Å². The van der Waals surface area contributed by atoms with Crippen LogP contribution in [0.3, 0.4) is 0 Å². The van der Waals surface area contributed by atoms with Crippen LogP contribution in [0.5, 0.6) is 5.75 Å². The second kappa shape index (κ2) is 4.06. The number of nitrogens with two attached hydrogens (primary N) is 1. The van der Waals surface area contributed by atoms with E-state index in [1.165, 1.54) is 7.11 Å². The smallest absolute Gasteiger partial charge is 0.419 e. The summed E-state index contributed by atoms with van der Waals surface area (Å²) in [6, 6.07) is 1.75. The minimum absolute atomic E-state index is 0.0656. The third kappa shape index (κ3) is 2.38. The first-order valence-corrected chi connectivity index (χ1v) is 4.03. The zero-order valence-electron chi connectivity index (χ0n) is 7.86. The summed E-state index contributed by atoms with van der Waals surface area (Å²) in [4.78, 5) is 0. The van der Waals surface area contributed by atoms with E-state index < -0.39 is 17.6 Å². The van der Waals surface area contributed by atoms with Crippen LogP contribution in [-0.4, -0.2) is 7.11 Å². The second-order valence-electron chi connectivity index (χ2n) is 2.85. The van der Waals surface area contributed by atoms with Gasteiger partial charge in [-0.15, -0.1) is 0 Å². The maximum atomic E-state index is 13.2. The number of rotatable bonds is 2. The maximum absolute atomic E-state index is 13.2. The fraction of sp³-hybridized carbons (Fsp3) is 0.333. The van der Waals surface area contributed by atoms with Crippen LogP contribution in [0.15, 0.2) is 12.1 Å². The molecule has 0 aliphatic heterocycles. The highest BCUT2D eigenvalue weighted by Gasteiger charge is 2.35. The van der Waals surface area contributed by atoms with E-state index in [2.05, 4.69) is 4.74 Å². The monoisotopic (exact) mass is 223 g/mol. The Balaban J connectivity index is 3.37. The molecule has 1 aromatic carbocycles. The van der Waals surface area contributed by atoms with Gasteiger partial charge in [0.25, 0.3) is 0 Å². The third-order valence-corrected chi connectivity index (χ3v) is 1.88. The van der Waals surface area contributed by atoms with Gasteiger partial charge >= 0.3 is 6.18 Å².